The molecular weight excluding hydrogens is 416 g/mol. The predicted molar refractivity (Wildman–Crippen MR) is 130 cm³/mol. The van der Waals surface area contributed by atoms with E-state index in [0.717, 1.165) is 27.5 Å². The molecule has 0 aromatic heterocycles. The third kappa shape index (κ3) is 3.63. The lowest BCUT2D eigenvalue weighted by atomic mass is 9.81. The van der Waals surface area contributed by atoms with Crippen molar-refractivity contribution in [2.45, 2.75) is 23.8 Å². The van der Waals surface area contributed by atoms with Crippen LogP contribution in [0.1, 0.15) is 34.8 Å². The first-order valence-electron chi connectivity index (χ1n) is 10.8. The van der Waals surface area contributed by atoms with Crippen molar-refractivity contribution in [2.24, 2.45) is 5.92 Å². The van der Waals surface area contributed by atoms with Gasteiger partial charge in [0.05, 0.1) is 23.3 Å². The Morgan fingerprint density at radius 3 is 2.44 bits per heavy atom. The number of thioether (sulfide) groups is 1. The summed E-state index contributed by atoms with van der Waals surface area (Å²) in [6, 6.07) is 24.9. The van der Waals surface area contributed by atoms with Crippen molar-refractivity contribution in [2.75, 3.05) is 16.5 Å². The van der Waals surface area contributed by atoms with Gasteiger partial charge in [0.25, 0.3) is 5.91 Å². The van der Waals surface area contributed by atoms with Crippen LogP contribution < -0.4 is 10.2 Å². The summed E-state index contributed by atoms with van der Waals surface area (Å²) in [5.74, 6) is -0.394. The molecule has 0 bridgehead atoms. The van der Waals surface area contributed by atoms with E-state index in [1.807, 2.05) is 65.8 Å². The Morgan fingerprint density at radius 2 is 1.69 bits per heavy atom. The summed E-state index contributed by atoms with van der Waals surface area (Å²) >= 11 is 1.67. The molecule has 0 fully saturated rings. The first kappa shape index (κ1) is 20.6. The quantitative estimate of drug-likeness (QED) is 0.501. The van der Waals surface area contributed by atoms with Crippen molar-refractivity contribution in [3.05, 3.63) is 102 Å². The summed E-state index contributed by atoms with van der Waals surface area (Å²) in [6.07, 6.45) is 5.35. The molecule has 2 atom stereocenters. The average Bonchev–Trinajstić information content (AvgIpc) is 2.99. The number of benzene rings is 3. The van der Waals surface area contributed by atoms with E-state index in [9.17, 15) is 9.59 Å². The van der Waals surface area contributed by atoms with Crippen molar-refractivity contribution in [3.63, 3.8) is 0 Å². The molecule has 5 rings (SSSR count). The topological polar surface area (TPSA) is 49.4 Å². The van der Waals surface area contributed by atoms with E-state index >= 15 is 0 Å². The molecule has 0 saturated carbocycles. The van der Waals surface area contributed by atoms with Crippen LogP contribution in [-0.2, 0) is 4.79 Å². The number of para-hydroxylation sites is 2. The van der Waals surface area contributed by atoms with Crippen LogP contribution in [0.5, 0.6) is 0 Å². The normalized spacial score (nSPS) is 19.8. The van der Waals surface area contributed by atoms with Gasteiger partial charge in [-0.1, -0.05) is 48.5 Å². The number of ketones is 1. The number of carbonyl (C=O) groups excluding carboxylic acids is 2. The maximum absolute atomic E-state index is 14.0. The number of nitrogens with one attached hydrogen (secondary N) is 1. The number of allylic oxidation sites excluding steroid dienone is 1. The molecule has 32 heavy (non-hydrogen) atoms. The number of rotatable bonds is 3. The Bertz CT molecular complexity index is 1190. The standard InChI is InChI=1S/C27H24N2O2S/c1-32-20-16-14-18(15-17-20)26-25-22(11-7-13-24(25)30)28-21-10-5-6-12-23(21)29(26)27(31)19-8-3-2-4-9-19/h2-6,8-12,14-17,25-26,28H,7,13H2,1H3/t25-,26+/m1/s1. The molecule has 0 spiro atoms. The highest BCUT2D eigenvalue weighted by molar-refractivity contribution is 7.98. The minimum Gasteiger partial charge on any atom is -0.357 e. The van der Waals surface area contributed by atoms with E-state index in [0.29, 0.717) is 18.4 Å². The second-order valence-electron chi connectivity index (χ2n) is 8.04. The zero-order valence-corrected chi connectivity index (χ0v) is 18.6. The fraction of sp³-hybridized carbons (Fsp3) is 0.185. The zero-order chi connectivity index (χ0) is 22.1. The summed E-state index contributed by atoms with van der Waals surface area (Å²) in [7, 11) is 0. The molecule has 5 heteroatoms. The number of nitrogens with zero attached hydrogens (tertiary/aromatic N) is 1. The molecule has 160 valence electrons. The molecule has 1 aliphatic heterocycles. The van der Waals surface area contributed by atoms with Gasteiger partial charge in [0.1, 0.15) is 5.78 Å². The minimum atomic E-state index is -0.441. The van der Waals surface area contributed by atoms with Gasteiger partial charge in [-0.15, -0.1) is 11.8 Å². The minimum absolute atomic E-state index is 0.113. The van der Waals surface area contributed by atoms with Crippen LogP contribution in [0.3, 0.4) is 0 Å². The fourth-order valence-electron chi connectivity index (χ4n) is 4.64. The van der Waals surface area contributed by atoms with E-state index in [-0.39, 0.29) is 11.7 Å². The van der Waals surface area contributed by atoms with Crippen molar-refractivity contribution in [3.8, 4) is 0 Å². The SMILES string of the molecule is CSc1ccc([C@H]2[C@H]3C(=O)CCC=C3Nc3ccccc3N2C(=O)c2ccccc2)cc1. The number of hydrogen-bond acceptors (Lipinski definition) is 4. The Hall–Kier alpha value is -3.31. The average molecular weight is 441 g/mol. The monoisotopic (exact) mass is 440 g/mol. The summed E-state index contributed by atoms with van der Waals surface area (Å²) in [5.41, 5.74) is 4.06. The molecule has 1 heterocycles. The fourth-order valence-corrected chi connectivity index (χ4v) is 5.05. The largest absolute Gasteiger partial charge is 0.357 e. The number of fused-ring (bicyclic) bond motifs is 2. The molecule has 1 amide bonds. The number of carbonyl (C=O) groups is 2. The summed E-state index contributed by atoms with van der Waals surface area (Å²) in [5, 5.41) is 3.49. The summed E-state index contributed by atoms with van der Waals surface area (Å²) < 4.78 is 0. The van der Waals surface area contributed by atoms with E-state index < -0.39 is 12.0 Å². The van der Waals surface area contributed by atoms with Gasteiger partial charge in [-0.25, -0.2) is 0 Å². The van der Waals surface area contributed by atoms with Gasteiger partial charge in [-0.05, 0) is 54.6 Å². The summed E-state index contributed by atoms with van der Waals surface area (Å²) in [6.45, 7) is 0. The van der Waals surface area contributed by atoms with Crippen molar-refractivity contribution in [1.82, 2.24) is 0 Å². The molecular formula is C27H24N2O2S. The van der Waals surface area contributed by atoms with E-state index in [2.05, 4.69) is 35.7 Å². The van der Waals surface area contributed by atoms with Crippen LogP contribution in [0.2, 0.25) is 0 Å². The van der Waals surface area contributed by atoms with E-state index in [4.69, 9.17) is 0 Å². The second-order valence-corrected chi connectivity index (χ2v) is 8.92. The maximum atomic E-state index is 14.0. The van der Waals surface area contributed by atoms with Crippen molar-refractivity contribution >= 4 is 34.8 Å². The molecule has 4 nitrogen and oxygen atoms in total. The first-order valence-corrected chi connectivity index (χ1v) is 12.0. The van der Waals surface area contributed by atoms with Crippen LogP contribution in [0.25, 0.3) is 0 Å². The highest BCUT2D eigenvalue weighted by Crippen LogP contribution is 2.46. The molecule has 3 aromatic rings. The number of Topliss-reactive ketones (excluding diaryl/α,β-unsaturated/α-hetero) is 1. The third-order valence-electron chi connectivity index (χ3n) is 6.17. The van der Waals surface area contributed by atoms with Gasteiger partial charge in [0.2, 0.25) is 0 Å². The van der Waals surface area contributed by atoms with Crippen LogP contribution in [-0.4, -0.2) is 17.9 Å². The van der Waals surface area contributed by atoms with Gasteiger partial charge < -0.3 is 5.32 Å². The van der Waals surface area contributed by atoms with Gasteiger partial charge >= 0.3 is 0 Å². The smallest absolute Gasteiger partial charge is 0.258 e. The van der Waals surface area contributed by atoms with Crippen LogP contribution in [0.4, 0.5) is 11.4 Å². The van der Waals surface area contributed by atoms with E-state index in [1.165, 1.54) is 0 Å². The number of amides is 1. The molecule has 0 radical (unpaired) electrons. The summed E-state index contributed by atoms with van der Waals surface area (Å²) in [4.78, 5) is 30.3. The Labute approximate surface area is 192 Å². The molecule has 2 aliphatic rings. The Morgan fingerprint density at radius 1 is 0.969 bits per heavy atom. The third-order valence-corrected chi connectivity index (χ3v) is 6.91. The molecule has 1 aliphatic carbocycles. The highest BCUT2D eigenvalue weighted by Gasteiger charge is 2.43. The highest BCUT2D eigenvalue weighted by atomic mass is 32.2. The van der Waals surface area contributed by atoms with Gasteiger partial charge in [-0.2, -0.15) is 0 Å². The molecule has 0 saturated heterocycles. The Balaban J connectivity index is 1.75. The van der Waals surface area contributed by atoms with Crippen LogP contribution in [0, 0.1) is 5.92 Å². The number of anilines is 2. The molecule has 3 aromatic carbocycles. The lowest BCUT2D eigenvalue weighted by Gasteiger charge is -2.36. The second kappa shape index (κ2) is 8.67. The Kier molecular flexibility index (Phi) is 5.58. The van der Waals surface area contributed by atoms with Gasteiger partial charge in [-0.3, -0.25) is 14.5 Å². The van der Waals surface area contributed by atoms with Crippen LogP contribution in [0.15, 0.2) is 95.5 Å². The van der Waals surface area contributed by atoms with Crippen molar-refractivity contribution in [1.29, 1.82) is 0 Å². The van der Waals surface area contributed by atoms with Gasteiger partial charge in [0, 0.05) is 22.6 Å². The maximum Gasteiger partial charge on any atom is 0.258 e. The lowest BCUT2D eigenvalue weighted by Crippen LogP contribution is -2.42. The van der Waals surface area contributed by atoms with Crippen LogP contribution >= 0.6 is 11.8 Å². The molecule has 0 unspecified atom stereocenters. The van der Waals surface area contributed by atoms with Gasteiger partial charge in [0.15, 0.2) is 0 Å². The lowest BCUT2D eigenvalue weighted by molar-refractivity contribution is -0.122. The predicted octanol–water partition coefficient (Wildman–Crippen LogP) is 6.09. The molecule has 1 N–H and O–H groups in total. The van der Waals surface area contributed by atoms with E-state index in [1.54, 1.807) is 11.8 Å². The zero-order valence-electron chi connectivity index (χ0n) is 17.8. The number of hydrogen-bond donors (Lipinski definition) is 1. The van der Waals surface area contributed by atoms with Crippen molar-refractivity contribution < 1.29 is 9.59 Å². The first-order chi connectivity index (χ1) is 15.7.